The van der Waals surface area contributed by atoms with Crippen LogP contribution in [0.5, 0.6) is 0 Å². The zero-order valence-corrected chi connectivity index (χ0v) is 11.4. The predicted molar refractivity (Wildman–Crippen MR) is 74.0 cm³/mol. The van der Waals surface area contributed by atoms with Crippen LogP contribution in [0.4, 0.5) is 4.39 Å². The lowest BCUT2D eigenvalue weighted by Crippen LogP contribution is -2.39. The molecule has 4 nitrogen and oxygen atoms in total. The van der Waals surface area contributed by atoms with Gasteiger partial charge in [0.1, 0.15) is 5.82 Å². The summed E-state index contributed by atoms with van der Waals surface area (Å²) >= 11 is 0. The predicted octanol–water partition coefficient (Wildman–Crippen LogP) is 2.11. The van der Waals surface area contributed by atoms with E-state index in [4.69, 9.17) is 4.74 Å². The summed E-state index contributed by atoms with van der Waals surface area (Å²) in [5.41, 5.74) is 0.345. The van der Waals surface area contributed by atoms with Gasteiger partial charge in [0.15, 0.2) is 5.78 Å². The van der Waals surface area contributed by atoms with Crippen molar-refractivity contribution < 1.29 is 18.7 Å². The van der Waals surface area contributed by atoms with Crippen LogP contribution in [0.3, 0.4) is 0 Å². The summed E-state index contributed by atoms with van der Waals surface area (Å²) < 4.78 is 17.7. The molecule has 1 unspecified atom stereocenters. The van der Waals surface area contributed by atoms with Crippen molar-refractivity contribution in [3.8, 4) is 0 Å². The maximum absolute atomic E-state index is 12.9. The number of hydrogen-bond donors (Lipinski definition) is 1. The fourth-order valence-electron chi connectivity index (χ4n) is 1.69. The second kappa shape index (κ2) is 8.22. The number of carbonyl (C=O) groups is 2. The van der Waals surface area contributed by atoms with Crippen LogP contribution in [-0.2, 0) is 9.53 Å². The lowest BCUT2D eigenvalue weighted by molar-refractivity contribution is -0.143. The lowest BCUT2D eigenvalue weighted by atomic mass is 10.0. The Morgan fingerprint density at radius 3 is 2.60 bits per heavy atom. The number of esters is 1. The van der Waals surface area contributed by atoms with Crippen LogP contribution < -0.4 is 5.32 Å². The number of Topliss-reactive ketones (excluding diaryl/α,β-unsaturated/α-hetero) is 1. The van der Waals surface area contributed by atoms with Crippen LogP contribution in [-0.4, -0.2) is 30.9 Å². The first-order valence-corrected chi connectivity index (χ1v) is 6.38. The van der Waals surface area contributed by atoms with E-state index >= 15 is 0 Å². The van der Waals surface area contributed by atoms with E-state index < -0.39 is 17.8 Å². The maximum Gasteiger partial charge on any atom is 0.307 e. The van der Waals surface area contributed by atoms with Gasteiger partial charge in [-0.15, -0.1) is 6.58 Å². The number of hydrogen-bond acceptors (Lipinski definition) is 4. The van der Waals surface area contributed by atoms with E-state index in [0.29, 0.717) is 12.1 Å². The van der Waals surface area contributed by atoms with E-state index in [1.54, 1.807) is 13.0 Å². The van der Waals surface area contributed by atoms with Gasteiger partial charge < -0.3 is 10.1 Å². The van der Waals surface area contributed by atoms with Crippen LogP contribution in [0, 0.1) is 5.82 Å². The van der Waals surface area contributed by atoms with Crippen molar-refractivity contribution in [1.82, 2.24) is 5.32 Å². The zero-order valence-electron chi connectivity index (χ0n) is 11.4. The summed E-state index contributed by atoms with van der Waals surface area (Å²) in [5, 5.41) is 2.91. The van der Waals surface area contributed by atoms with Crippen molar-refractivity contribution in [2.45, 2.75) is 19.4 Å². The van der Waals surface area contributed by atoms with E-state index in [0.717, 1.165) is 0 Å². The first-order valence-electron chi connectivity index (χ1n) is 6.38. The lowest BCUT2D eigenvalue weighted by Gasteiger charge is -2.16. The minimum absolute atomic E-state index is 0.0715. The van der Waals surface area contributed by atoms with Gasteiger partial charge in [-0.2, -0.15) is 0 Å². The Morgan fingerprint density at radius 1 is 1.40 bits per heavy atom. The molecule has 5 heteroatoms. The zero-order chi connectivity index (χ0) is 15.0. The molecular weight excluding hydrogens is 261 g/mol. The molecule has 1 N–H and O–H groups in total. The van der Waals surface area contributed by atoms with E-state index in [2.05, 4.69) is 11.9 Å². The molecule has 1 rings (SSSR count). The van der Waals surface area contributed by atoms with Crippen molar-refractivity contribution >= 4 is 11.8 Å². The number of rotatable bonds is 8. The molecule has 0 saturated heterocycles. The van der Waals surface area contributed by atoms with Gasteiger partial charge in [-0.1, -0.05) is 6.08 Å². The third kappa shape index (κ3) is 4.93. The standard InChI is InChI=1S/C15H18FNO3/c1-3-9-17-13(10-14(18)20-4-2)15(19)11-5-7-12(16)8-6-11/h3,5-8,13,17H,1,4,9-10H2,2H3. The van der Waals surface area contributed by atoms with Gasteiger partial charge in [0.2, 0.25) is 0 Å². The molecule has 0 spiro atoms. The largest absolute Gasteiger partial charge is 0.466 e. The Balaban J connectivity index is 2.80. The van der Waals surface area contributed by atoms with E-state index in [9.17, 15) is 14.0 Å². The first-order chi connectivity index (χ1) is 9.58. The topological polar surface area (TPSA) is 55.4 Å². The van der Waals surface area contributed by atoms with Crippen molar-refractivity contribution in [2.24, 2.45) is 0 Å². The van der Waals surface area contributed by atoms with Crippen LogP contribution in [0.25, 0.3) is 0 Å². The Hall–Kier alpha value is -2.01. The molecule has 108 valence electrons. The number of ether oxygens (including phenoxy) is 1. The summed E-state index contributed by atoms with van der Waals surface area (Å²) in [6.07, 6.45) is 1.52. The van der Waals surface area contributed by atoms with Gasteiger partial charge >= 0.3 is 5.97 Å². The highest BCUT2D eigenvalue weighted by atomic mass is 19.1. The molecule has 0 aliphatic rings. The van der Waals surface area contributed by atoms with Gasteiger partial charge in [0.05, 0.1) is 19.1 Å². The number of benzene rings is 1. The molecule has 0 radical (unpaired) electrons. The number of carbonyl (C=O) groups excluding carboxylic acids is 2. The maximum atomic E-state index is 12.9. The molecule has 0 aliphatic carbocycles. The van der Waals surface area contributed by atoms with Gasteiger partial charge in [-0.25, -0.2) is 4.39 Å². The summed E-state index contributed by atoms with van der Waals surface area (Å²) in [7, 11) is 0. The molecule has 0 saturated carbocycles. The van der Waals surface area contributed by atoms with E-state index in [-0.39, 0.29) is 18.8 Å². The summed E-state index contributed by atoms with van der Waals surface area (Å²) in [5.74, 6) is -1.15. The van der Waals surface area contributed by atoms with Crippen LogP contribution in [0.15, 0.2) is 36.9 Å². The molecule has 20 heavy (non-hydrogen) atoms. The van der Waals surface area contributed by atoms with E-state index in [1.807, 2.05) is 0 Å². The second-order valence-electron chi connectivity index (χ2n) is 4.13. The molecule has 0 fully saturated rings. The molecule has 1 atom stereocenters. The summed E-state index contributed by atoms with van der Waals surface area (Å²) in [6, 6.07) is 4.50. The molecule has 0 heterocycles. The highest BCUT2D eigenvalue weighted by Gasteiger charge is 2.23. The third-order valence-electron chi connectivity index (χ3n) is 2.63. The second-order valence-corrected chi connectivity index (χ2v) is 4.13. The van der Waals surface area contributed by atoms with Crippen molar-refractivity contribution in [3.05, 3.63) is 48.3 Å². The summed E-state index contributed by atoms with van der Waals surface area (Å²) in [6.45, 7) is 5.90. The molecule has 0 bridgehead atoms. The molecule has 0 aromatic heterocycles. The van der Waals surface area contributed by atoms with Gasteiger partial charge in [-0.05, 0) is 31.2 Å². The smallest absolute Gasteiger partial charge is 0.307 e. The highest BCUT2D eigenvalue weighted by molar-refractivity contribution is 6.01. The third-order valence-corrected chi connectivity index (χ3v) is 2.63. The Bertz CT molecular complexity index is 471. The average Bonchev–Trinajstić information content (AvgIpc) is 2.44. The van der Waals surface area contributed by atoms with E-state index in [1.165, 1.54) is 24.3 Å². The van der Waals surface area contributed by atoms with Crippen molar-refractivity contribution in [2.75, 3.05) is 13.2 Å². The molecule has 1 aromatic rings. The quantitative estimate of drug-likeness (QED) is 0.450. The first kappa shape index (κ1) is 16.0. The number of nitrogens with one attached hydrogen (secondary N) is 1. The fourth-order valence-corrected chi connectivity index (χ4v) is 1.69. The van der Waals surface area contributed by atoms with Gasteiger partial charge in [0, 0.05) is 12.1 Å². The Kier molecular flexibility index (Phi) is 6.59. The van der Waals surface area contributed by atoms with Crippen molar-refractivity contribution in [1.29, 1.82) is 0 Å². The highest BCUT2D eigenvalue weighted by Crippen LogP contribution is 2.09. The minimum atomic E-state index is -0.711. The SMILES string of the molecule is C=CCNC(CC(=O)OCC)C(=O)c1ccc(F)cc1. The van der Waals surface area contributed by atoms with Crippen LogP contribution in [0.2, 0.25) is 0 Å². The summed E-state index contributed by atoms with van der Waals surface area (Å²) in [4.78, 5) is 23.8. The Labute approximate surface area is 117 Å². The molecule has 0 amide bonds. The molecule has 0 aliphatic heterocycles. The van der Waals surface area contributed by atoms with Crippen molar-refractivity contribution in [3.63, 3.8) is 0 Å². The molecule has 1 aromatic carbocycles. The Morgan fingerprint density at radius 2 is 2.05 bits per heavy atom. The fraction of sp³-hybridized carbons (Fsp3) is 0.333. The normalized spacial score (nSPS) is 11.7. The monoisotopic (exact) mass is 279 g/mol. The van der Waals surface area contributed by atoms with Crippen LogP contribution in [0.1, 0.15) is 23.7 Å². The van der Waals surface area contributed by atoms with Gasteiger partial charge in [-0.3, -0.25) is 9.59 Å². The van der Waals surface area contributed by atoms with Gasteiger partial charge in [0.25, 0.3) is 0 Å². The average molecular weight is 279 g/mol. The number of ketones is 1. The van der Waals surface area contributed by atoms with Crippen LogP contribution >= 0.6 is 0 Å². The molecular formula is C15H18FNO3. The minimum Gasteiger partial charge on any atom is -0.466 e. The number of halogens is 1.